The third kappa shape index (κ3) is 3.12. The van der Waals surface area contributed by atoms with Gasteiger partial charge < -0.3 is 0 Å². The van der Waals surface area contributed by atoms with Crippen LogP contribution in [0.25, 0.3) is 0 Å². The summed E-state index contributed by atoms with van der Waals surface area (Å²) in [4.78, 5) is 14.5. The number of benzene rings is 1. The number of carbonyl (C=O) groups is 1. The van der Waals surface area contributed by atoms with Crippen molar-refractivity contribution in [3.05, 3.63) is 34.3 Å². The lowest BCUT2D eigenvalue weighted by atomic mass is 9.99. The molecule has 3 heteroatoms. The Kier molecular flexibility index (Phi) is 4.41. The van der Waals surface area contributed by atoms with E-state index in [0.717, 1.165) is 13.1 Å². The van der Waals surface area contributed by atoms with E-state index in [1.165, 1.54) is 18.4 Å². The molecule has 2 nitrogen and oxygen atoms in total. The van der Waals surface area contributed by atoms with E-state index in [1.54, 1.807) is 0 Å². The van der Waals surface area contributed by atoms with Crippen molar-refractivity contribution in [1.29, 1.82) is 0 Å². The molecule has 1 aromatic carbocycles. The van der Waals surface area contributed by atoms with Crippen molar-refractivity contribution in [2.75, 3.05) is 19.6 Å². The molecule has 0 N–H and O–H groups in total. The number of Topliss-reactive ketones (excluding diaryl/α,β-unsaturated/α-hetero) is 1. The number of likely N-dealkylation sites (tertiary alicyclic amines) is 1. The molecule has 1 aliphatic rings. The van der Waals surface area contributed by atoms with Crippen LogP contribution in [0.1, 0.15) is 48.5 Å². The zero-order chi connectivity index (χ0) is 13.1. The summed E-state index contributed by atoms with van der Waals surface area (Å²) in [5, 5.41) is 0.573. The van der Waals surface area contributed by atoms with Crippen LogP contribution < -0.4 is 0 Å². The molecule has 1 fully saturated rings. The Bertz CT molecular complexity index is 436. The van der Waals surface area contributed by atoms with Crippen LogP contribution in [0.4, 0.5) is 0 Å². The monoisotopic (exact) mass is 265 g/mol. The standard InChI is InChI=1S/C15H20ClNO/c1-11(2)12-5-6-14(16)13(9-12)15(18)10-17-7-3-4-8-17/h5-6,9,11H,3-4,7-8,10H2,1-2H3. The maximum Gasteiger partial charge on any atom is 0.178 e. The maximum absolute atomic E-state index is 12.3. The molecule has 0 aromatic heterocycles. The highest BCUT2D eigenvalue weighted by atomic mass is 35.5. The topological polar surface area (TPSA) is 20.3 Å². The number of halogens is 1. The van der Waals surface area contributed by atoms with Crippen LogP contribution in [0.5, 0.6) is 0 Å². The highest BCUT2D eigenvalue weighted by Crippen LogP contribution is 2.23. The second-order valence-corrected chi connectivity index (χ2v) is 5.71. The Morgan fingerprint density at radius 3 is 2.61 bits per heavy atom. The third-order valence-corrected chi connectivity index (χ3v) is 3.85. The van der Waals surface area contributed by atoms with Crippen LogP contribution in [-0.2, 0) is 0 Å². The first-order valence-electron chi connectivity index (χ1n) is 6.63. The van der Waals surface area contributed by atoms with Gasteiger partial charge in [-0.15, -0.1) is 0 Å². The second kappa shape index (κ2) is 5.85. The minimum absolute atomic E-state index is 0.143. The van der Waals surface area contributed by atoms with Crippen molar-refractivity contribution in [2.45, 2.75) is 32.6 Å². The van der Waals surface area contributed by atoms with Crippen molar-refractivity contribution in [2.24, 2.45) is 0 Å². The van der Waals surface area contributed by atoms with E-state index in [-0.39, 0.29) is 5.78 Å². The highest BCUT2D eigenvalue weighted by molar-refractivity contribution is 6.34. The number of carbonyl (C=O) groups excluding carboxylic acids is 1. The van der Waals surface area contributed by atoms with Crippen LogP contribution in [0.2, 0.25) is 5.02 Å². The molecule has 0 unspecified atom stereocenters. The van der Waals surface area contributed by atoms with Crippen molar-refractivity contribution in [1.82, 2.24) is 4.90 Å². The summed E-state index contributed by atoms with van der Waals surface area (Å²) in [5.74, 6) is 0.560. The van der Waals surface area contributed by atoms with Crippen molar-refractivity contribution >= 4 is 17.4 Å². The summed E-state index contributed by atoms with van der Waals surface area (Å²) < 4.78 is 0. The van der Waals surface area contributed by atoms with Crippen molar-refractivity contribution < 1.29 is 4.79 Å². The molecular weight excluding hydrogens is 246 g/mol. The number of ketones is 1. The van der Waals surface area contributed by atoms with Gasteiger partial charge in [-0.3, -0.25) is 9.69 Å². The molecule has 0 atom stereocenters. The van der Waals surface area contributed by atoms with Crippen LogP contribution in [0.15, 0.2) is 18.2 Å². The molecule has 0 saturated carbocycles. The molecule has 1 aromatic rings. The number of nitrogens with zero attached hydrogens (tertiary/aromatic N) is 1. The normalized spacial score (nSPS) is 16.4. The van der Waals surface area contributed by atoms with Crippen molar-refractivity contribution in [3.63, 3.8) is 0 Å². The fourth-order valence-corrected chi connectivity index (χ4v) is 2.57. The van der Waals surface area contributed by atoms with Gasteiger partial charge in [0.25, 0.3) is 0 Å². The fourth-order valence-electron chi connectivity index (χ4n) is 2.34. The maximum atomic E-state index is 12.3. The van der Waals surface area contributed by atoms with Gasteiger partial charge in [-0.1, -0.05) is 31.5 Å². The first-order valence-corrected chi connectivity index (χ1v) is 7.00. The SMILES string of the molecule is CC(C)c1ccc(Cl)c(C(=O)CN2CCCC2)c1. The average Bonchev–Trinajstić information content (AvgIpc) is 2.81. The quantitative estimate of drug-likeness (QED) is 0.773. The molecule has 0 radical (unpaired) electrons. The summed E-state index contributed by atoms with van der Waals surface area (Å²) >= 11 is 6.14. The van der Waals surface area contributed by atoms with Crippen LogP contribution >= 0.6 is 11.6 Å². The van der Waals surface area contributed by atoms with Gasteiger partial charge in [0.05, 0.1) is 11.6 Å². The van der Waals surface area contributed by atoms with Gasteiger partial charge in [0.2, 0.25) is 0 Å². The van der Waals surface area contributed by atoms with E-state index in [1.807, 2.05) is 18.2 Å². The molecule has 1 aliphatic heterocycles. The fraction of sp³-hybridized carbons (Fsp3) is 0.533. The molecule has 18 heavy (non-hydrogen) atoms. The zero-order valence-electron chi connectivity index (χ0n) is 11.1. The molecule has 1 heterocycles. The van der Waals surface area contributed by atoms with E-state index in [0.29, 0.717) is 23.0 Å². The minimum atomic E-state index is 0.143. The molecule has 1 saturated heterocycles. The summed E-state index contributed by atoms with van der Waals surface area (Å²) in [6, 6.07) is 5.79. The molecule has 0 spiro atoms. The Labute approximate surface area is 114 Å². The molecule has 98 valence electrons. The predicted molar refractivity (Wildman–Crippen MR) is 75.5 cm³/mol. The first kappa shape index (κ1) is 13.6. The second-order valence-electron chi connectivity index (χ2n) is 5.30. The van der Waals surface area contributed by atoms with Gasteiger partial charge in [0, 0.05) is 5.56 Å². The van der Waals surface area contributed by atoms with Crippen LogP contribution in [0.3, 0.4) is 0 Å². The minimum Gasteiger partial charge on any atom is -0.296 e. The Morgan fingerprint density at radius 2 is 2.00 bits per heavy atom. The Hall–Kier alpha value is -0.860. The van der Waals surface area contributed by atoms with E-state index >= 15 is 0 Å². The number of hydrogen-bond acceptors (Lipinski definition) is 2. The molecule has 0 amide bonds. The summed E-state index contributed by atoms with van der Waals surface area (Å²) in [6.45, 7) is 6.82. The Morgan fingerprint density at radius 1 is 1.33 bits per heavy atom. The van der Waals surface area contributed by atoms with Gasteiger partial charge in [0.15, 0.2) is 5.78 Å². The lowest BCUT2D eigenvalue weighted by molar-refractivity contribution is 0.0945. The van der Waals surface area contributed by atoms with E-state index < -0.39 is 0 Å². The Balaban J connectivity index is 2.15. The van der Waals surface area contributed by atoms with E-state index in [9.17, 15) is 4.79 Å². The average molecular weight is 266 g/mol. The highest BCUT2D eigenvalue weighted by Gasteiger charge is 2.18. The largest absolute Gasteiger partial charge is 0.296 e. The van der Waals surface area contributed by atoms with Gasteiger partial charge in [0.1, 0.15) is 0 Å². The third-order valence-electron chi connectivity index (χ3n) is 3.52. The summed E-state index contributed by atoms with van der Waals surface area (Å²) in [6.07, 6.45) is 2.40. The van der Waals surface area contributed by atoms with Crippen LogP contribution in [0, 0.1) is 0 Å². The number of hydrogen-bond donors (Lipinski definition) is 0. The predicted octanol–water partition coefficient (Wildman–Crippen LogP) is 3.74. The van der Waals surface area contributed by atoms with Gasteiger partial charge >= 0.3 is 0 Å². The molecular formula is C15H20ClNO. The van der Waals surface area contributed by atoms with Gasteiger partial charge in [-0.05, 0) is 49.5 Å². The zero-order valence-corrected chi connectivity index (χ0v) is 11.8. The molecule has 0 bridgehead atoms. The summed E-state index contributed by atoms with van der Waals surface area (Å²) in [7, 11) is 0. The molecule has 2 rings (SSSR count). The first-order chi connectivity index (χ1) is 8.58. The van der Waals surface area contributed by atoms with Gasteiger partial charge in [-0.25, -0.2) is 0 Å². The lowest BCUT2D eigenvalue weighted by Gasteiger charge is -2.15. The molecule has 0 aliphatic carbocycles. The lowest BCUT2D eigenvalue weighted by Crippen LogP contribution is -2.27. The van der Waals surface area contributed by atoms with Crippen molar-refractivity contribution in [3.8, 4) is 0 Å². The van der Waals surface area contributed by atoms with E-state index in [4.69, 9.17) is 11.6 Å². The smallest absolute Gasteiger partial charge is 0.178 e. The summed E-state index contributed by atoms with van der Waals surface area (Å²) in [5.41, 5.74) is 1.85. The number of rotatable bonds is 4. The van der Waals surface area contributed by atoms with E-state index in [2.05, 4.69) is 18.7 Å². The van der Waals surface area contributed by atoms with Gasteiger partial charge in [-0.2, -0.15) is 0 Å². The van der Waals surface area contributed by atoms with Crippen LogP contribution in [-0.4, -0.2) is 30.3 Å².